The molecule has 3 N–H and O–H groups in total. The number of rotatable bonds is 9. The molecule has 0 aliphatic rings. The van der Waals surface area contributed by atoms with Crippen LogP contribution in [0.4, 0.5) is 35.9 Å². The Bertz CT molecular complexity index is 1520. The molecule has 0 atom stereocenters. The summed E-state index contributed by atoms with van der Waals surface area (Å²) in [6.45, 7) is 2.33. The highest BCUT2D eigenvalue weighted by Crippen LogP contribution is 2.30. The number of alkyl halides is 3. The number of hydrogen-bond donors (Lipinski definition) is 3. The van der Waals surface area contributed by atoms with Crippen LogP contribution in [0.25, 0.3) is 0 Å². The zero-order valence-electron chi connectivity index (χ0n) is 22.0. The van der Waals surface area contributed by atoms with Crippen molar-refractivity contribution in [2.24, 2.45) is 0 Å². The van der Waals surface area contributed by atoms with Crippen molar-refractivity contribution in [2.45, 2.75) is 13.1 Å². The molecule has 0 aliphatic carbocycles. The van der Waals surface area contributed by atoms with Gasteiger partial charge in [-0.1, -0.05) is 30.3 Å². The summed E-state index contributed by atoms with van der Waals surface area (Å²) in [5.41, 5.74) is 1.56. The van der Waals surface area contributed by atoms with E-state index in [0.717, 1.165) is 17.8 Å². The van der Waals surface area contributed by atoms with Crippen molar-refractivity contribution < 1.29 is 27.6 Å². The quantitative estimate of drug-likeness (QED) is 0.213. The summed E-state index contributed by atoms with van der Waals surface area (Å²) in [6.07, 6.45) is -4.53. The van der Waals surface area contributed by atoms with Gasteiger partial charge in [0.05, 0.1) is 12.1 Å². The number of anilines is 4. The topological polar surface area (TPSA) is 90.5 Å². The second-order valence-corrected chi connectivity index (χ2v) is 8.98. The summed E-state index contributed by atoms with van der Waals surface area (Å²) in [5, 5.41) is 8.10. The van der Waals surface area contributed by atoms with Crippen LogP contribution in [0.5, 0.6) is 0 Å². The van der Waals surface area contributed by atoms with Crippen molar-refractivity contribution in [3.63, 3.8) is 0 Å². The normalized spacial score (nSPS) is 10.9. The van der Waals surface area contributed by atoms with Crippen LogP contribution >= 0.6 is 0 Å². The molecule has 0 unspecified atom stereocenters. The lowest BCUT2D eigenvalue weighted by molar-refractivity contribution is -0.137. The molecule has 0 fully saturated rings. The Labute approximate surface area is 235 Å². The smallest absolute Gasteiger partial charge is 0.376 e. The van der Waals surface area contributed by atoms with Crippen molar-refractivity contribution in [1.82, 2.24) is 0 Å². The zero-order valence-corrected chi connectivity index (χ0v) is 22.0. The van der Waals surface area contributed by atoms with Crippen molar-refractivity contribution in [1.29, 1.82) is 0 Å². The van der Waals surface area contributed by atoms with Gasteiger partial charge in [-0.05, 0) is 79.7 Å². The number of amides is 3. The molecule has 0 aromatic heterocycles. The molecule has 210 valence electrons. The molecule has 7 nitrogen and oxygen atoms in total. The van der Waals surface area contributed by atoms with Gasteiger partial charge in [0.1, 0.15) is 0 Å². The lowest BCUT2D eigenvalue weighted by Gasteiger charge is -2.21. The third-order valence-electron chi connectivity index (χ3n) is 6.07. The molecule has 0 radical (unpaired) electrons. The Morgan fingerprint density at radius 2 is 1.37 bits per heavy atom. The van der Waals surface area contributed by atoms with E-state index in [4.69, 9.17) is 0 Å². The number of nitrogens with one attached hydrogen (secondary N) is 3. The zero-order chi connectivity index (χ0) is 29.4. The first-order valence-electron chi connectivity index (χ1n) is 12.7. The lowest BCUT2D eigenvalue weighted by atomic mass is 10.1. The number of halogens is 3. The van der Waals surface area contributed by atoms with Crippen LogP contribution in [-0.4, -0.2) is 30.8 Å². The van der Waals surface area contributed by atoms with E-state index in [1.807, 2.05) is 37.3 Å². The number of nitrogens with zero attached hydrogens (tertiary/aromatic N) is 1. The van der Waals surface area contributed by atoms with Crippen LogP contribution in [0.15, 0.2) is 103 Å². The van der Waals surface area contributed by atoms with Gasteiger partial charge in [0, 0.05) is 40.4 Å². The van der Waals surface area contributed by atoms with Crippen LogP contribution < -0.4 is 20.9 Å². The molecule has 0 spiro atoms. The van der Waals surface area contributed by atoms with Crippen molar-refractivity contribution in [2.75, 3.05) is 33.9 Å². The molecule has 0 heterocycles. The molecule has 10 heteroatoms. The Hall–Kier alpha value is -5.12. The summed E-state index contributed by atoms with van der Waals surface area (Å²) in [4.78, 5) is 39.7. The minimum atomic E-state index is -4.53. The summed E-state index contributed by atoms with van der Waals surface area (Å²) in [7, 11) is 0. The fourth-order valence-electron chi connectivity index (χ4n) is 4.04. The minimum absolute atomic E-state index is 0.00125. The van der Waals surface area contributed by atoms with Gasteiger partial charge in [-0.15, -0.1) is 0 Å². The van der Waals surface area contributed by atoms with E-state index in [-0.39, 0.29) is 29.6 Å². The largest absolute Gasteiger partial charge is 0.416 e. The highest BCUT2D eigenvalue weighted by Gasteiger charge is 2.30. The Morgan fingerprint density at radius 1 is 0.707 bits per heavy atom. The summed E-state index contributed by atoms with van der Waals surface area (Å²) >= 11 is 0. The Morgan fingerprint density at radius 3 is 2.02 bits per heavy atom. The van der Waals surface area contributed by atoms with Crippen LogP contribution in [0.2, 0.25) is 0 Å². The molecule has 3 amide bonds. The van der Waals surface area contributed by atoms with Crippen molar-refractivity contribution >= 4 is 40.5 Å². The minimum Gasteiger partial charge on any atom is -0.376 e. The van der Waals surface area contributed by atoms with Gasteiger partial charge in [0.15, 0.2) is 0 Å². The first-order valence-corrected chi connectivity index (χ1v) is 12.7. The number of carbonyl (C=O) groups excluding carboxylic acids is 3. The number of carbonyl (C=O) groups is 3. The maximum absolute atomic E-state index is 13.0. The van der Waals surface area contributed by atoms with Crippen molar-refractivity contribution in [3.05, 3.63) is 120 Å². The highest BCUT2D eigenvalue weighted by molar-refractivity contribution is 6.06. The van der Waals surface area contributed by atoms with E-state index in [9.17, 15) is 27.6 Å². The molecular formula is C31H27F3N4O3. The first-order chi connectivity index (χ1) is 19.6. The maximum atomic E-state index is 13.0. The maximum Gasteiger partial charge on any atom is 0.416 e. The molecule has 41 heavy (non-hydrogen) atoms. The fraction of sp³-hybridized carbons (Fsp3) is 0.129. The van der Waals surface area contributed by atoms with Gasteiger partial charge >= 0.3 is 6.18 Å². The molecule has 0 saturated heterocycles. The summed E-state index contributed by atoms with van der Waals surface area (Å²) < 4.78 is 38.9. The predicted octanol–water partition coefficient (Wildman–Crippen LogP) is 6.68. The second kappa shape index (κ2) is 12.8. The molecule has 0 aliphatic heterocycles. The second-order valence-electron chi connectivity index (χ2n) is 8.98. The Balaban J connectivity index is 1.32. The van der Waals surface area contributed by atoms with Crippen LogP contribution in [0.3, 0.4) is 0 Å². The monoisotopic (exact) mass is 560 g/mol. The predicted molar refractivity (Wildman–Crippen MR) is 153 cm³/mol. The molecule has 4 aromatic rings. The van der Waals surface area contributed by atoms with E-state index >= 15 is 0 Å². The van der Waals surface area contributed by atoms with E-state index in [0.29, 0.717) is 23.5 Å². The van der Waals surface area contributed by atoms with Gasteiger partial charge in [-0.25, -0.2) is 0 Å². The number of hydrogen-bond acceptors (Lipinski definition) is 4. The van der Waals surface area contributed by atoms with Crippen molar-refractivity contribution in [3.8, 4) is 0 Å². The van der Waals surface area contributed by atoms with Gasteiger partial charge < -0.3 is 20.9 Å². The van der Waals surface area contributed by atoms with E-state index in [2.05, 4.69) is 16.0 Å². The third-order valence-corrected chi connectivity index (χ3v) is 6.07. The van der Waals surface area contributed by atoms with Gasteiger partial charge in [-0.2, -0.15) is 13.2 Å². The molecule has 4 aromatic carbocycles. The standard InChI is InChI=1S/C31H27F3N4O3/c1-2-38(27-12-4-3-5-13-27)30(41)21-14-16-24(17-15-21)35-20-28(39)36-25-10-6-8-22(18-25)29(40)37-26-11-7-9-23(19-26)31(32,33)34/h3-19,35H,2,20H2,1H3,(H,36,39)(H,37,40). The highest BCUT2D eigenvalue weighted by atomic mass is 19.4. The van der Waals surface area contributed by atoms with Crippen LogP contribution in [0, 0.1) is 0 Å². The molecular weight excluding hydrogens is 533 g/mol. The SMILES string of the molecule is CCN(C(=O)c1ccc(NCC(=O)Nc2cccc(C(=O)Nc3cccc(C(F)(F)F)c3)c2)cc1)c1ccccc1. The summed E-state index contributed by atoms with van der Waals surface area (Å²) in [5.74, 6) is -1.15. The van der Waals surface area contributed by atoms with E-state index < -0.39 is 17.6 Å². The third kappa shape index (κ3) is 7.72. The van der Waals surface area contributed by atoms with E-state index in [1.165, 1.54) is 24.3 Å². The molecule has 4 rings (SSSR count). The lowest BCUT2D eigenvalue weighted by Crippen LogP contribution is -2.30. The molecule has 0 bridgehead atoms. The van der Waals surface area contributed by atoms with E-state index in [1.54, 1.807) is 41.3 Å². The first kappa shape index (κ1) is 28.9. The number of benzene rings is 4. The van der Waals surface area contributed by atoms with Gasteiger partial charge in [0.25, 0.3) is 11.8 Å². The van der Waals surface area contributed by atoms with Gasteiger partial charge in [0.2, 0.25) is 5.91 Å². The molecule has 0 saturated carbocycles. The average Bonchev–Trinajstić information content (AvgIpc) is 2.97. The van der Waals surface area contributed by atoms with Gasteiger partial charge in [-0.3, -0.25) is 14.4 Å². The average molecular weight is 561 g/mol. The van der Waals surface area contributed by atoms with Crippen LogP contribution in [-0.2, 0) is 11.0 Å². The van der Waals surface area contributed by atoms with Crippen LogP contribution in [0.1, 0.15) is 33.2 Å². The number of para-hydroxylation sites is 1. The summed E-state index contributed by atoms with van der Waals surface area (Å²) in [6, 6.07) is 26.5. The Kier molecular flexibility index (Phi) is 9.03. The fourth-order valence-corrected chi connectivity index (χ4v) is 4.04.